The molecule has 3 rings (SSSR count). The second-order valence-electron chi connectivity index (χ2n) is 7.62. The summed E-state index contributed by atoms with van der Waals surface area (Å²) in [6, 6.07) is 15.7. The van der Waals surface area contributed by atoms with Gasteiger partial charge in [-0.1, -0.05) is 29.8 Å². The Bertz CT molecular complexity index is 842. The topological polar surface area (TPSA) is 70.1 Å². The number of rotatable bonds is 7. The van der Waals surface area contributed by atoms with E-state index in [1.54, 1.807) is 11.9 Å². The lowest BCUT2D eigenvalue weighted by Gasteiger charge is -2.32. The van der Waals surface area contributed by atoms with Crippen molar-refractivity contribution in [3.05, 3.63) is 59.7 Å². The molecule has 1 aliphatic rings. The lowest BCUT2D eigenvalue weighted by atomic mass is 9.96. The summed E-state index contributed by atoms with van der Waals surface area (Å²) in [6.07, 6.45) is 1.32. The second kappa shape index (κ2) is 9.45. The van der Waals surface area contributed by atoms with Crippen LogP contribution < -0.4 is 9.64 Å². The first-order chi connectivity index (χ1) is 13.9. The number of carboxylic acid groups (broad SMARTS) is 1. The molecule has 0 saturated carbocycles. The summed E-state index contributed by atoms with van der Waals surface area (Å²) in [6.45, 7) is 3.97. The average Bonchev–Trinajstić information content (AvgIpc) is 2.73. The third-order valence-corrected chi connectivity index (χ3v) is 5.35. The number of nitrogens with zero attached hydrogens (tertiary/aromatic N) is 2. The Labute approximate surface area is 171 Å². The Hall–Kier alpha value is -3.02. The number of hydrogen-bond acceptors (Lipinski definition) is 4. The number of anilines is 1. The van der Waals surface area contributed by atoms with Gasteiger partial charge in [0, 0.05) is 32.4 Å². The summed E-state index contributed by atoms with van der Waals surface area (Å²) in [5.74, 6) is -0.347. The van der Waals surface area contributed by atoms with Gasteiger partial charge >= 0.3 is 5.97 Å². The highest BCUT2D eigenvalue weighted by Crippen LogP contribution is 2.24. The fraction of sp³-hybridized carbons (Fsp3) is 0.391. The summed E-state index contributed by atoms with van der Waals surface area (Å²) in [7, 11) is 1.77. The third-order valence-electron chi connectivity index (χ3n) is 5.35. The fourth-order valence-electron chi connectivity index (χ4n) is 3.49. The van der Waals surface area contributed by atoms with Gasteiger partial charge in [0.25, 0.3) is 5.91 Å². The van der Waals surface area contributed by atoms with Crippen LogP contribution in [-0.2, 0) is 16.1 Å². The predicted molar refractivity (Wildman–Crippen MR) is 112 cm³/mol. The molecular formula is C23H28N2O4. The molecule has 1 aliphatic heterocycles. The van der Waals surface area contributed by atoms with Gasteiger partial charge in [-0.3, -0.25) is 9.59 Å². The number of amides is 1. The van der Waals surface area contributed by atoms with E-state index in [2.05, 4.69) is 11.0 Å². The molecule has 0 aliphatic carbocycles. The molecule has 0 atom stereocenters. The van der Waals surface area contributed by atoms with Gasteiger partial charge in [0.1, 0.15) is 5.75 Å². The number of piperidine rings is 1. The number of likely N-dealkylation sites (N-methyl/N-ethyl adjacent to an activating group) is 1. The van der Waals surface area contributed by atoms with Gasteiger partial charge in [0.15, 0.2) is 6.61 Å². The molecule has 0 radical (unpaired) electrons. The van der Waals surface area contributed by atoms with Gasteiger partial charge < -0.3 is 19.6 Å². The van der Waals surface area contributed by atoms with Crippen LogP contribution >= 0.6 is 0 Å². The number of benzene rings is 2. The van der Waals surface area contributed by atoms with Gasteiger partial charge in [0.05, 0.1) is 5.92 Å². The van der Waals surface area contributed by atoms with Gasteiger partial charge in [-0.05, 0) is 49.6 Å². The molecule has 6 heteroatoms. The minimum absolute atomic E-state index is 0.00194. The van der Waals surface area contributed by atoms with Crippen molar-refractivity contribution in [3.8, 4) is 5.75 Å². The first kappa shape index (κ1) is 20.7. The first-order valence-electron chi connectivity index (χ1n) is 9.92. The van der Waals surface area contributed by atoms with Crippen molar-refractivity contribution in [1.82, 2.24) is 4.90 Å². The molecule has 154 valence electrons. The number of carbonyl (C=O) groups excluding carboxylic acids is 1. The molecule has 1 fully saturated rings. The predicted octanol–water partition coefficient (Wildman–Crippen LogP) is 3.33. The maximum Gasteiger partial charge on any atom is 0.306 e. The molecule has 1 amide bonds. The minimum Gasteiger partial charge on any atom is -0.484 e. The summed E-state index contributed by atoms with van der Waals surface area (Å²) >= 11 is 0. The smallest absolute Gasteiger partial charge is 0.306 e. The highest BCUT2D eigenvalue weighted by molar-refractivity contribution is 5.77. The molecule has 2 aromatic rings. The second-order valence-corrected chi connectivity index (χ2v) is 7.62. The molecule has 0 unspecified atom stereocenters. The van der Waals surface area contributed by atoms with Crippen LogP contribution in [0.2, 0.25) is 0 Å². The zero-order valence-corrected chi connectivity index (χ0v) is 17.0. The van der Waals surface area contributed by atoms with E-state index in [1.165, 1.54) is 0 Å². The summed E-state index contributed by atoms with van der Waals surface area (Å²) in [5, 5.41) is 9.15. The zero-order chi connectivity index (χ0) is 20.8. The maximum absolute atomic E-state index is 12.4. The van der Waals surface area contributed by atoms with Crippen molar-refractivity contribution in [1.29, 1.82) is 0 Å². The van der Waals surface area contributed by atoms with Crippen molar-refractivity contribution in [2.45, 2.75) is 26.3 Å². The molecule has 2 aromatic carbocycles. The van der Waals surface area contributed by atoms with E-state index in [0.717, 1.165) is 29.9 Å². The molecule has 1 heterocycles. The lowest BCUT2D eigenvalue weighted by Crippen LogP contribution is -2.36. The van der Waals surface area contributed by atoms with E-state index in [-0.39, 0.29) is 18.4 Å². The number of carbonyl (C=O) groups is 2. The molecular weight excluding hydrogens is 368 g/mol. The van der Waals surface area contributed by atoms with Gasteiger partial charge in [0.2, 0.25) is 0 Å². The largest absolute Gasteiger partial charge is 0.484 e. The Morgan fingerprint density at radius 1 is 1.14 bits per heavy atom. The molecule has 6 nitrogen and oxygen atoms in total. The molecule has 0 bridgehead atoms. The van der Waals surface area contributed by atoms with E-state index < -0.39 is 5.97 Å². The van der Waals surface area contributed by atoms with Crippen LogP contribution in [0.25, 0.3) is 0 Å². The monoisotopic (exact) mass is 396 g/mol. The zero-order valence-electron chi connectivity index (χ0n) is 17.0. The van der Waals surface area contributed by atoms with Crippen molar-refractivity contribution in [3.63, 3.8) is 0 Å². The van der Waals surface area contributed by atoms with Crippen LogP contribution in [0.3, 0.4) is 0 Å². The molecule has 1 saturated heterocycles. The number of aliphatic carboxylic acids is 1. The van der Waals surface area contributed by atoms with Gasteiger partial charge in [-0.15, -0.1) is 0 Å². The SMILES string of the molecule is Cc1ccc(OCC(=O)N(C)Cc2cccc(N3CCC(C(=O)O)CC3)c2)cc1. The molecule has 0 spiro atoms. The van der Waals surface area contributed by atoms with Crippen molar-refractivity contribution >= 4 is 17.6 Å². The van der Waals surface area contributed by atoms with Crippen molar-refractivity contribution < 1.29 is 19.4 Å². The summed E-state index contributed by atoms with van der Waals surface area (Å²) < 4.78 is 5.58. The van der Waals surface area contributed by atoms with Crippen molar-refractivity contribution in [2.75, 3.05) is 31.6 Å². The van der Waals surface area contributed by atoms with E-state index in [4.69, 9.17) is 9.84 Å². The summed E-state index contributed by atoms with van der Waals surface area (Å²) in [4.78, 5) is 27.4. The van der Waals surface area contributed by atoms with Crippen LogP contribution in [-0.4, -0.2) is 48.6 Å². The van der Waals surface area contributed by atoms with E-state index >= 15 is 0 Å². The van der Waals surface area contributed by atoms with E-state index in [1.807, 2.05) is 49.4 Å². The fourth-order valence-corrected chi connectivity index (χ4v) is 3.49. The highest BCUT2D eigenvalue weighted by Gasteiger charge is 2.24. The normalized spacial score (nSPS) is 14.5. The minimum atomic E-state index is -0.702. The Morgan fingerprint density at radius 3 is 2.48 bits per heavy atom. The molecule has 0 aromatic heterocycles. The average molecular weight is 396 g/mol. The van der Waals surface area contributed by atoms with Crippen LogP contribution in [0, 0.1) is 12.8 Å². The lowest BCUT2D eigenvalue weighted by molar-refractivity contribution is -0.142. The Morgan fingerprint density at radius 2 is 1.83 bits per heavy atom. The standard InChI is InChI=1S/C23H28N2O4/c1-17-6-8-21(9-7-17)29-16-22(26)24(2)15-18-4-3-5-20(14-18)25-12-10-19(11-13-25)23(27)28/h3-9,14,19H,10-13,15-16H2,1-2H3,(H,27,28). The van der Waals surface area contributed by atoms with Crippen LogP contribution in [0.15, 0.2) is 48.5 Å². The number of carboxylic acids is 1. The Kier molecular flexibility index (Phi) is 6.75. The third kappa shape index (κ3) is 5.73. The first-order valence-corrected chi connectivity index (χ1v) is 9.92. The van der Waals surface area contributed by atoms with Gasteiger partial charge in [-0.2, -0.15) is 0 Å². The van der Waals surface area contributed by atoms with Gasteiger partial charge in [-0.25, -0.2) is 0 Å². The van der Waals surface area contributed by atoms with E-state index in [0.29, 0.717) is 25.1 Å². The van der Waals surface area contributed by atoms with Crippen LogP contribution in [0.5, 0.6) is 5.75 Å². The van der Waals surface area contributed by atoms with Crippen LogP contribution in [0.4, 0.5) is 5.69 Å². The molecule has 1 N–H and O–H groups in total. The van der Waals surface area contributed by atoms with Crippen molar-refractivity contribution in [2.24, 2.45) is 5.92 Å². The Balaban J connectivity index is 1.53. The maximum atomic E-state index is 12.4. The molecule has 29 heavy (non-hydrogen) atoms. The summed E-state index contributed by atoms with van der Waals surface area (Å²) in [5.41, 5.74) is 3.25. The number of aryl methyl sites for hydroxylation is 1. The number of hydrogen-bond donors (Lipinski definition) is 1. The number of ether oxygens (including phenoxy) is 1. The quantitative estimate of drug-likeness (QED) is 0.777. The van der Waals surface area contributed by atoms with Crippen LogP contribution in [0.1, 0.15) is 24.0 Å². The highest BCUT2D eigenvalue weighted by atomic mass is 16.5. The van der Waals surface area contributed by atoms with E-state index in [9.17, 15) is 9.59 Å².